The van der Waals surface area contributed by atoms with E-state index in [0.717, 1.165) is 28.8 Å². The van der Waals surface area contributed by atoms with E-state index >= 15 is 0 Å². The fourth-order valence-electron chi connectivity index (χ4n) is 1.97. The van der Waals surface area contributed by atoms with E-state index in [2.05, 4.69) is 4.74 Å². The number of H-pyrrole nitrogens is 1. The topological polar surface area (TPSA) is 133 Å². The molecule has 0 fully saturated rings. The van der Waals surface area contributed by atoms with Gasteiger partial charge in [-0.1, -0.05) is 0 Å². The van der Waals surface area contributed by atoms with Gasteiger partial charge in [-0.05, 0) is 24.3 Å². The fraction of sp³-hybridized carbons (Fsp3) is 0.200. The minimum Gasteiger partial charge on any atom is -0.454 e. The molecule has 9 nitrogen and oxygen atoms in total. The lowest BCUT2D eigenvalue weighted by Gasteiger charge is -2.09. The SMILES string of the molecule is Cn1c(N)c(C(=O)COC(=O)c2ccc(OC(F)F)cc2)c(=O)[nH]c1=O. The number of hydrogen-bond acceptors (Lipinski definition) is 7. The van der Waals surface area contributed by atoms with Crippen LogP contribution in [-0.2, 0) is 11.8 Å². The highest BCUT2D eigenvalue weighted by Gasteiger charge is 2.20. The molecule has 11 heteroatoms. The molecule has 0 saturated heterocycles. The number of carbonyl (C=O) groups excluding carboxylic acids is 2. The Bertz CT molecular complexity index is 949. The van der Waals surface area contributed by atoms with E-state index in [1.54, 1.807) is 0 Å². The zero-order valence-electron chi connectivity index (χ0n) is 13.3. The quantitative estimate of drug-likeness (QED) is 0.552. The van der Waals surface area contributed by atoms with Crippen molar-refractivity contribution < 1.29 is 27.8 Å². The number of ether oxygens (including phenoxy) is 2. The Balaban J connectivity index is 2.08. The zero-order valence-corrected chi connectivity index (χ0v) is 13.3. The summed E-state index contributed by atoms with van der Waals surface area (Å²) in [6, 6.07) is 4.58. The summed E-state index contributed by atoms with van der Waals surface area (Å²) in [5.41, 5.74) is 3.23. The van der Waals surface area contributed by atoms with Crippen LogP contribution in [0.15, 0.2) is 33.9 Å². The average molecular weight is 369 g/mol. The molecule has 0 aliphatic rings. The summed E-state index contributed by atoms with van der Waals surface area (Å²) in [6.45, 7) is -3.81. The monoisotopic (exact) mass is 369 g/mol. The molecule has 26 heavy (non-hydrogen) atoms. The minimum atomic E-state index is -3.00. The van der Waals surface area contributed by atoms with Gasteiger partial charge < -0.3 is 15.2 Å². The number of nitrogens with zero attached hydrogens (tertiary/aromatic N) is 1. The first kappa shape index (κ1) is 18.8. The van der Waals surface area contributed by atoms with Crippen molar-refractivity contribution in [2.24, 2.45) is 7.05 Å². The molecule has 138 valence electrons. The smallest absolute Gasteiger partial charge is 0.387 e. The van der Waals surface area contributed by atoms with Gasteiger partial charge in [-0.2, -0.15) is 8.78 Å². The third-order valence-corrected chi connectivity index (χ3v) is 3.30. The Hall–Kier alpha value is -3.50. The molecular weight excluding hydrogens is 356 g/mol. The number of nitrogen functional groups attached to an aromatic ring is 1. The lowest BCUT2D eigenvalue weighted by Crippen LogP contribution is -2.35. The fourth-order valence-corrected chi connectivity index (χ4v) is 1.97. The maximum Gasteiger partial charge on any atom is 0.387 e. The summed E-state index contributed by atoms with van der Waals surface area (Å²) in [5.74, 6) is -2.36. The molecule has 0 amide bonds. The first-order valence-corrected chi connectivity index (χ1v) is 7.04. The van der Waals surface area contributed by atoms with Gasteiger partial charge in [0, 0.05) is 7.05 Å². The number of esters is 1. The van der Waals surface area contributed by atoms with Crippen LogP contribution < -0.4 is 21.7 Å². The largest absolute Gasteiger partial charge is 0.454 e. The summed E-state index contributed by atoms with van der Waals surface area (Å²) in [6.07, 6.45) is 0. The standard InChI is InChI=1S/C15H13F2N3O6/c1-20-11(18)10(12(22)19-15(20)24)9(21)6-25-13(23)7-2-4-8(5-3-7)26-14(16)17/h2-5,14H,6,18H2,1H3,(H,19,22,24). The summed E-state index contributed by atoms with van der Waals surface area (Å²) < 4.78 is 33.9. The molecule has 1 aromatic carbocycles. The number of Topliss-reactive ketones (excluding diaryl/α,β-unsaturated/α-hetero) is 1. The van der Waals surface area contributed by atoms with Gasteiger partial charge >= 0.3 is 18.3 Å². The van der Waals surface area contributed by atoms with Crippen LogP contribution in [-0.4, -0.2) is 34.5 Å². The number of anilines is 1. The first-order valence-electron chi connectivity index (χ1n) is 7.04. The highest BCUT2D eigenvalue weighted by atomic mass is 19.3. The Kier molecular flexibility index (Phi) is 5.50. The van der Waals surface area contributed by atoms with Gasteiger partial charge in [0.05, 0.1) is 5.56 Å². The number of nitrogens with two attached hydrogens (primary N) is 1. The number of aromatic nitrogens is 2. The Morgan fingerprint density at radius 2 is 1.85 bits per heavy atom. The number of hydrogen-bond donors (Lipinski definition) is 2. The number of carbonyl (C=O) groups is 2. The van der Waals surface area contributed by atoms with Crippen LogP contribution in [0, 0.1) is 0 Å². The van der Waals surface area contributed by atoms with E-state index in [9.17, 15) is 28.0 Å². The summed E-state index contributed by atoms with van der Waals surface area (Å²) in [4.78, 5) is 48.9. The predicted molar refractivity (Wildman–Crippen MR) is 84.4 cm³/mol. The summed E-state index contributed by atoms with van der Waals surface area (Å²) in [7, 11) is 1.25. The summed E-state index contributed by atoms with van der Waals surface area (Å²) in [5, 5.41) is 0. The molecule has 1 heterocycles. The molecule has 0 spiro atoms. The highest BCUT2D eigenvalue weighted by Crippen LogP contribution is 2.15. The van der Waals surface area contributed by atoms with Gasteiger partial charge in [0.15, 0.2) is 6.61 Å². The zero-order chi connectivity index (χ0) is 19.4. The van der Waals surface area contributed by atoms with Crippen molar-refractivity contribution in [1.29, 1.82) is 0 Å². The second-order valence-corrected chi connectivity index (χ2v) is 4.98. The molecule has 2 rings (SSSR count). The minimum absolute atomic E-state index is 0.0261. The van der Waals surface area contributed by atoms with Gasteiger partial charge in [-0.25, -0.2) is 9.59 Å². The second-order valence-electron chi connectivity index (χ2n) is 4.98. The van der Waals surface area contributed by atoms with Crippen LogP contribution in [0.3, 0.4) is 0 Å². The normalized spacial score (nSPS) is 10.6. The number of ketones is 1. The van der Waals surface area contributed by atoms with Crippen molar-refractivity contribution >= 4 is 17.6 Å². The van der Waals surface area contributed by atoms with Crippen LogP contribution in [0.2, 0.25) is 0 Å². The Morgan fingerprint density at radius 3 is 2.42 bits per heavy atom. The molecule has 3 N–H and O–H groups in total. The van der Waals surface area contributed by atoms with Gasteiger partial charge in [-0.3, -0.25) is 19.1 Å². The first-order chi connectivity index (χ1) is 12.2. The molecule has 0 saturated carbocycles. The van der Waals surface area contributed by atoms with Crippen LogP contribution >= 0.6 is 0 Å². The number of aromatic amines is 1. The van der Waals surface area contributed by atoms with Crippen LogP contribution in [0.25, 0.3) is 0 Å². The molecular formula is C15H13F2N3O6. The summed E-state index contributed by atoms with van der Waals surface area (Å²) >= 11 is 0. The van der Waals surface area contributed by atoms with Crippen molar-refractivity contribution in [2.45, 2.75) is 6.61 Å². The van der Waals surface area contributed by atoms with E-state index in [1.807, 2.05) is 4.98 Å². The van der Waals surface area contributed by atoms with E-state index in [-0.39, 0.29) is 17.1 Å². The Morgan fingerprint density at radius 1 is 1.23 bits per heavy atom. The highest BCUT2D eigenvalue weighted by molar-refractivity contribution is 6.02. The Labute approximate surface area is 144 Å². The molecule has 1 aromatic heterocycles. The van der Waals surface area contributed by atoms with E-state index < -0.39 is 41.8 Å². The molecule has 0 radical (unpaired) electrons. The number of alkyl halides is 2. The number of rotatable bonds is 6. The van der Waals surface area contributed by atoms with E-state index in [0.29, 0.717) is 0 Å². The number of benzene rings is 1. The van der Waals surface area contributed by atoms with Crippen LogP contribution in [0.1, 0.15) is 20.7 Å². The maximum absolute atomic E-state index is 12.1. The molecule has 0 unspecified atom stereocenters. The van der Waals surface area contributed by atoms with Crippen molar-refractivity contribution in [3.8, 4) is 5.75 Å². The van der Waals surface area contributed by atoms with Crippen molar-refractivity contribution in [3.63, 3.8) is 0 Å². The van der Waals surface area contributed by atoms with Gasteiger partial charge in [0.2, 0.25) is 5.78 Å². The third-order valence-electron chi connectivity index (χ3n) is 3.30. The lowest BCUT2D eigenvalue weighted by molar-refractivity contribution is -0.0498. The molecule has 0 atom stereocenters. The number of halogens is 2. The van der Waals surface area contributed by atoms with Crippen LogP contribution in [0.5, 0.6) is 5.75 Å². The lowest BCUT2D eigenvalue weighted by atomic mass is 10.2. The average Bonchev–Trinajstić information content (AvgIpc) is 2.58. The third kappa shape index (κ3) is 4.12. The molecule has 0 aliphatic carbocycles. The van der Waals surface area contributed by atoms with Gasteiger partial charge in [0.25, 0.3) is 5.56 Å². The van der Waals surface area contributed by atoms with Gasteiger partial charge in [-0.15, -0.1) is 0 Å². The maximum atomic E-state index is 12.1. The predicted octanol–water partition coefficient (Wildman–Crippen LogP) is 0.297. The van der Waals surface area contributed by atoms with Crippen molar-refractivity contribution in [3.05, 3.63) is 56.2 Å². The molecule has 2 aromatic rings. The van der Waals surface area contributed by atoms with E-state index in [1.165, 1.54) is 7.05 Å². The number of nitrogens with one attached hydrogen (secondary N) is 1. The molecule has 0 aliphatic heterocycles. The van der Waals surface area contributed by atoms with E-state index in [4.69, 9.17) is 10.5 Å². The van der Waals surface area contributed by atoms with Crippen LogP contribution in [0.4, 0.5) is 14.6 Å². The van der Waals surface area contributed by atoms with Crippen molar-refractivity contribution in [2.75, 3.05) is 12.3 Å². The molecule has 0 bridgehead atoms. The van der Waals surface area contributed by atoms with Crippen molar-refractivity contribution in [1.82, 2.24) is 9.55 Å². The second kappa shape index (κ2) is 7.59. The van der Waals surface area contributed by atoms with Gasteiger partial charge in [0.1, 0.15) is 17.1 Å².